The minimum absolute atomic E-state index is 0.249. The van der Waals surface area contributed by atoms with Crippen molar-refractivity contribution in [3.05, 3.63) is 82.7 Å². The number of benzene rings is 2. The smallest absolute Gasteiger partial charge is 0.337 e. The highest BCUT2D eigenvalue weighted by atomic mass is 16.5. The van der Waals surface area contributed by atoms with Crippen molar-refractivity contribution < 1.29 is 28.6 Å². The molecule has 0 aromatic heterocycles. The van der Waals surface area contributed by atoms with E-state index >= 15 is 0 Å². The quantitative estimate of drug-likeness (QED) is 0.449. The van der Waals surface area contributed by atoms with E-state index in [9.17, 15) is 14.4 Å². The van der Waals surface area contributed by atoms with Crippen LogP contribution in [0.1, 0.15) is 45.6 Å². The summed E-state index contributed by atoms with van der Waals surface area (Å²) >= 11 is 0. The van der Waals surface area contributed by atoms with Crippen LogP contribution >= 0.6 is 0 Å². The van der Waals surface area contributed by atoms with E-state index in [1.165, 1.54) is 7.11 Å². The lowest BCUT2D eigenvalue weighted by atomic mass is 9.69. The minimum atomic E-state index is -0.942. The molecule has 36 heavy (non-hydrogen) atoms. The van der Waals surface area contributed by atoms with Gasteiger partial charge in [-0.2, -0.15) is 0 Å². The van der Waals surface area contributed by atoms with Crippen LogP contribution in [-0.4, -0.2) is 30.9 Å². The molecule has 188 valence electrons. The van der Waals surface area contributed by atoms with Crippen molar-refractivity contribution in [3.63, 3.8) is 0 Å². The van der Waals surface area contributed by atoms with Gasteiger partial charge in [0.2, 0.25) is 0 Å². The van der Waals surface area contributed by atoms with Gasteiger partial charge in [-0.3, -0.25) is 9.59 Å². The van der Waals surface area contributed by atoms with Gasteiger partial charge in [-0.05, 0) is 62.9 Å². The predicted octanol–water partition coefficient (Wildman–Crippen LogP) is 5.04. The molecule has 0 amide bonds. The van der Waals surface area contributed by atoms with E-state index in [4.69, 9.17) is 14.2 Å². The molecule has 2 aromatic rings. The maximum Gasteiger partial charge on any atom is 0.337 e. The molecule has 0 saturated carbocycles. The van der Waals surface area contributed by atoms with Crippen molar-refractivity contribution in [2.75, 3.05) is 7.11 Å². The summed E-state index contributed by atoms with van der Waals surface area (Å²) < 4.78 is 16.6. The highest BCUT2D eigenvalue weighted by Crippen LogP contribution is 2.46. The van der Waals surface area contributed by atoms with Gasteiger partial charge in [0.1, 0.15) is 17.4 Å². The van der Waals surface area contributed by atoms with E-state index in [-0.39, 0.29) is 17.8 Å². The van der Waals surface area contributed by atoms with E-state index in [2.05, 4.69) is 5.32 Å². The molecule has 0 unspecified atom stereocenters. The summed E-state index contributed by atoms with van der Waals surface area (Å²) in [6.07, 6.45) is 0.132. The van der Waals surface area contributed by atoms with Crippen molar-refractivity contribution in [1.82, 2.24) is 5.32 Å². The van der Waals surface area contributed by atoms with Crippen LogP contribution in [0.3, 0.4) is 0 Å². The Balaban J connectivity index is 1.83. The number of hydrogen-bond donors (Lipinski definition) is 1. The van der Waals surface area contributed by atoms with E-state index < -0.39 is 23.8 Å². The third kappa shape index (κ3) is 4.91. The summed E-state index contributed by atoms with van der Waals surface area (Å²) in [4.78, 5) is 39.7. The number of hydrogen-bond acceptors (Lipinski definition) is 7. The first-order valence-corrected chi connectivity index (χ1v) is 12.1. The van der Waals surface area contributed by atoms with E-state index in [0.29, 0.717) is 46.0 Å². The third-order valence-electron chi connectivity index (χ3n) is 6.48. The molecule has 0 saturated heterocycles. The summed E-state index contributed by atoms with van der Waals surface area (Å²) in [5.74, 6) is -2.11. The molecule has 0 fully saturated rings. The Hall–Kier alpha value is -3.87. The maximum absolute atomic E-state index is 13.8. The van der Waals surface area contributed by atoms with Crippen LogP contribution < -0.4 is 10.1 Å². The Morgan fingerprint density at radius 2 is 1.72 bits per heavy atom. The van der Waals surface area contributed by atoms with Crippen LogP contribution in [0, 0.1) is 11.8 Å². The van der Waals surface area contributed by atoms with Crippen molar-refractivity contribution >= 4 is 17.7 Å². The number of allylic oxidation sites excluding steroid dienone is 3. The largest absolute Gasteiger partial charge is 0.468 e. The lowest BCUT2D eigenvalue weighted by molar-refractivity contribution is -0.151. The Morgan fingerprint density at radius 1 is 1.03 bits per heavy atom. The Bertz CT molecular complexity index is 1240. The van der Waals surface area contributed by atoms with E-state index in [1.807, 2.05) is 61.5 Å². The van der Waals surface area contributed by atoms with Gasteiger partial charge in [-0.1, -0.05) is 37.3 Å². The first-order valence-electron chi connectivity index (χ1n) is 12.1. The molecule has 1 N–H and O–H groups in total. The number of carbonyl (C=O) groups excluding carboxylic acids is 3. The van der Waals surface area contributed by atoms with Gasteiger partial charge in [-0.15, -0.1) is 0 Å². The number of nitrogens with one attached hydrogen (secondary N) is 1. The molecule has 7 heteroatoms. The van der Waals surface area contributed by atoms with E-state index in [1.54, 1.807) is 20.8 Å². The molecule has 3 atom stereocenters. The highest BCUT2D eigenvalue weighted by molar-refractivity contribution is 6.12. The fraction of sp³-hybridized carbons (Fsp3) is 0.345. The second-order valence-corrected chi connectivity index (χ2v) is 9.48. The van der Waals surface area contributed by atoms with Crippen LogP contribution in [-0.2, 0) is 23.9 Å². The zero-order chi connectivity index (χ0) is 26.0. The number of ether oxygens (including phenoxy) is 3. The molecule has 2 aliphatic rings. The second kappa shape index (κ2) is 10.4. The summed E-state index contributed by atoms with van der Waals surface area (Å²) in [6.45, 7) is 7.22. The molecule has 1 aliphatic carbocycles. The summed E-state index contributed by atoms with van der Waals surface area (Å²) in [5, 5.41) is 3.27. The number of esters is 2. The van der Waals surface area contributed by atoms with Gasteiger partial charge < -0.3 is 19.5 Å². The van der Waals surface area contributed by atoms with Gasteiger partial charge in [0.25, 0.3) is 0 Å². The first kappa shape index (κ1) is 25.2. The van der Waals surface area contributed by atoms with Crippen molar-refractivity contribution in [2.45, 2.75) is 46.1 Å². The monoisotopic (exact) mass is 489 g/mol. The number of methoxy groups -OCH3 is 1. The van der Waals surface area contributed by atoms with Crippen LogP contribution in [0.25, 0.3) is 0 Å². The van der Waals surface area contributed by atoms with Crippen molar-refractivity contribution in [1.29, 1.82) is 0 Å². The van der Waals surface area contributed by atoms with Gasteiger partial charge >= 0.3 is 11.9 Å². The molecule has 1 aliphatic heterocycles. The Labute approximate surface area is 211 Å². The number of para-hydroxylation sites is 1. The summed E-state index contributed by atoms with van der Waals surface area (Å²) in [6, 6.07) is 16.7. The standard InChI is InChI=1S/C29H31NO6/c1-16(2)35-29(33)24-18(4)30-22-14-17(3)23(28(32)34-5)27(31)26(22)25(24)19-10-9-13-21(15-19)36-20-11-7-6-8-12-20/h6-13,15-17,23,25,30H,14H2,1-5H3/t17-,23-,25+/m1/s1. The number of dihydropyridines is 1. The van der Waals surface area contributed by atoms with Gasteiger partial charge in [-0.25, -0.2) is 4.79 Å². The molecule has 0 spiro atoms. The normalized spacial score (nSPS) is 21.6. The van der Waals surface area contributed by atoms with Crippen molar-refractivity contribution in [3.8, 4) is 11.5 Å². The number of Topliss-reactive ketones (excluding diaryl/α,β-unsaturated/α-hetero) is 1. The van der Waals surface area contributed by atoms with Gasteiger partial charge in [0.15, 0.2) is 5.78 Å². The number of rotatable bonds is 6. The zero-order valence-corrected chi connectivity index (χ0v) is 21.2. The molecule has 7 nitrogen and oxygen atoms in total. The van der Waals surface area contributed by atoms with Crippen LogP contribution in [0.5, 0.6) is 11.5 Å². The molecule has 0 radical (unpaired) electrons. The zero-order valence-electron chi connectivity index (χ0n) is 21.2. The second-order valence-electron chi connectivity index (χ2n) is 9.48. The van der Waals surface area contributed by atoms with Crippen molar-refractivity contribution in [2.24, 2.45) is 11.8 Å². The average molecular weight is 490 g/mol. The number of carbonyl (C=O) groups is 3. The highest BCUT2D eigenvalue weighted by Gasteiger charge is 2.47. The predicted molar refractivity (Wildman–Crippen MR) is 134 cm³/mol. The van der Waals surface area contributed by atoms with Crippen LogP contribution in [0.2, 0.25) is 0 Å². The Kier molecular flexibility index (Phi) is 7.29. The molecule has 1 heterocycles. The molecule has 0 bridgehead atoms. The average Bonchev–Trinajstić information content (AvgIpc) is 2.83. The molecule has 4 rings (SSSR count). The molecular formula is C29H31NO6. The SMILES string of the molecule is COC(=O)[C@H]1C(=O)C2=C(C[C@H]1C)NC(C)=C(C(=O)OC(C)C)[C@@H]2c1cccc(Oc2ccccc2)c1. The van der Waals surface area contributed by atoms with Crippen LogP contribution in [0.4, 0.5) is 0 Å². The fourth-order valence-corrected chi connectivity index (χ4v) is 4.94. The maximum atomic E-state index is 13.8. The van der Waals surface area contributed by atoms with E-state index in [0.717, 1.165) is 0 Å². The van der Waals surface area contributed by atoms with Gasteiger partial charge in [0, 0.05) is 22.9 Å². The van der Waals surface area contributed by atoms with Gasteiger partial charge in [0.05, 0.1) is 18.8 Å². The number of ketones is 1. The van der Waals surface area contributed by atoms with Crippen LogP contribution in [0.15, 0.2) is 77.1 Å². The lowest BCUT2D eigenvalue weighted by Crippen LogP contribution is -2.43. The third-order valence-corrected chi connectivity index (χ3v) is 6.48. The summed E-state index contributed by atoms with van der Waals surface area (Å²) in [7, 11) is 1.28. The topological polar surface area (TPSA) is 90.9 Å². The fourth-order valence-electron chi connectivity index (χ4n) is 4.94. The Morgan fingerprint density at radius 3 is 2.39 bits per heavy atom. The summed E-state index contributed by atoms with van der Waals surface area (Å²) in [5.41, 5.74) is 2.76. The minimum Gasteiger partial charge on any atom is -0.468 e. The lowest BCUT2D eigenvalue weighted by Gasteiger charge is -2.38. The molecule has 2 aromatic carbocycles. The first-order chi connectivity index (χ1) is 17.2. The molecular weight excluding hydrogens is 458 g/mol.